The molecule has 0 heterocycles. The van der Waals surface area contributed by atoms with E-state index in [0.29, 0.717) is 22.2 Å². The van der Waals surface area contributed by atoms with Gasteiger partial charge in [0.05, 0.1) is 10.0 Å². The fraction of sp³-hybridized carbons (Fsp3) is 0.417. The maximum Gasteiger partial charge on any atom is 0.170 e. The maximum absolute atomic E-state index is 12.3. The number of ketones is 1. The van der Waals surface area contributed by atoms with Crippen molar-refractivity contribution in [1.29, 1.82) is 0 Å². The van der Waals surface area contributed by atoms with E-state index in [2.05, 4.69) is 0 Å². The number of rotatable bonds is 3. The SMILES string of the molecule is NCC1(C(=O)c2ccc(Cl)c(Cl)c2)CCC1. The van der Waals surface area contributed by atoms with Crippen LogP contribution in [0.25, 0.3) is 0 Å². The molecule has 86 valence electrons. The molecule has 0 spiro atoms. The summed E-state index contributed by atoms with van der Waals surface area (Å²) in [6.45, 7) is 0.409. The topological polar surface area (TPSA) is 43.1 Å². The van der Waals surface area contributed by atoms with Crippen molar-refractivity contribution in [2.24, 2.45) is 11.1 Å². The van der Waals surface area contributed by atoms with Crippen LogP contribution in [0.2, 0.25) is 10.0 Å². The molecule has 0 bridgehead atoms. The minimum absolute atomic E-state index is 0.0971. The van der Waals surface area contributed by atoms with Gasteiger partial charge in [-0.2, -0.15) is 0 Å². The Morgan fingerprint density at radius 2 is 2.00 bits per heavy atom. The van der Waals surface area contributed by atoms with E-state index in [4.69, 9.17) is 28.9 Å². The predicted octanol–water partition coefficient (Wildman–Crippen LogP) is 3.31. The first-order valence-corrected chi connectivity index (χ1v) is 6.04. The van der Waals surface area contributed by atoms with Crippen LogP contribution in [-0.2, 0) is 0 Å². The summed E-state index contributed by atoms with van der Waals surface area (Å²) in [5.74, 6) is 0.0971. The Morgan fingerprint density at radius 1 is 1.31 bits per heavy atom. The minimum Gasteiger partial charge on any atom is -0.329 e. The van der Waals surface area contributed by atoms with Crippen molar-refractivity contribution < 1.29 is 4.79 Å². The molecule has 0 unspecified atom stereocenters. The van der Waals surface area contributed by atoms with Gasteiger partial charge in [-0.25, -0.2) is 0 Å². The minimum atomic E-state index is -0.350. The molecule has 0 amide bonds. The summed E-state index contributed by atoms with van der Waals surface area (Å²) >= 11 is 11.7. The van der Waals surface area contributed by atoms with Gasteiger partial charge < -0.3 is 5.73 Å². The van der Waals surface area contributed by atoms with E-state index in [0.717, 1.165) is 19.3 Å². The van der Waals surface area contributed by atoms with Crippen LogP contribution in [0.1, 0.15) is 29.6 Å². The van der Waals surface area contributed by atoms with Gasteiger partial charge >= 0.3 is 0 Å². The lowest BCUT2D eigenvalue weighted by Gasteiger charge is -2.39. The first kappa shape index (κ1) is 11.9. The van der Waals surface area contributed by atoms with Gasteiger partial charge in [-0.05, 0) is 31.0 Å². The molecule has 0 atom stereocenters. The predicted molar refractivity (Wildman–Crippen MR) is 66.1 cm³/mol. The molecule has 16 heavy (non-hydrogen) atoms. The first-order valence-electron chi connectivity index (χ1n) is 5.29. The summed E-state index contributed by atoms with van der Waals surface area (Å²) in [5, 5.41) is 0.882. The summed E-state index contributed by atoms with van der Waals surface area (Å²) in [4.78, 5) is 12.3. The van der Waals surface area contributed by atoms with Gasteiger partial charge in [-0.3, -0.25) is 4.79 Å². The monoisotopic (exact) mass is 257 g/mol. The number of halogens is 2. The largest absolute Gasteiger partial charge is 0.329 e. The van der Waals surface area contributed by atoms with E-state index in [1.165, 1.54) is 0 Å². The Labute approximate surface area is 105 Å². The molecule has 2 N–H and O–H groups in total. The highest BCUT2D eigenvalue weighted by Crippen LogP contribution is 2.43. The first-order chi connectivity index (χ1) is 7.59. The lowest BCUT2D eigenvalue weighted by atomic mass is 9.64. The van der Waals surface area contributed by atoms with Crippen LogP contribution in [0.15, 0.2) is 18.2 Å². The number of nitrogens with two attached hydrogens (primary N) is 1. The second kappa shape index (κ2) is 4.36. The Balaban J connectivity index is 2.30. The van der Waals surface area contributed by atoms with Gasteiger partial charge in [0.2, 0.25) is 0 Å². The molecule has 1 aliphatic carbocycles. The fourth-order valence-electron chi connectivity index (χ4n) is 2.07. The molecule has 1 fully saturated rings. The molecule has 1 saturated carbocycles. The van der Waals surface area contributed by atoms with E-state index in [1.54, 1.807) is 18.2 Å². The lowest BCUT2D eigenvalue weighted by molar-refractivity contribution is 0.0636. The third-order valence-electron chi connectivity index (χ3n) is 3.36. The molecule has 1 aromatic rings. The van der Waals surface area contributed by atoms with Crippen LogP contribution >= 0.6 is 23.2 Å². The molecule has 2 rings (SSSR count). The van der Waals surface area contributed by atoms with E-state index >= 15 is 0 Å². The maximum atomic E-state index is 12.3. The molecule has 0 aliphatic heterocycles. The number of benzene rings is 1. The van der Waals surface area contributed by atoms with Gasteiger partial charge in [-0.15, -0.1) is 0 Å². The van der Waals surface area contributed by atoms with Crippen LogP contribution in [0, 0.1) is 5.41 Å². The number of hydrogen-bond acceptors (Lipinski definition) is 2. The quantitative estimate of drug-likeness (QED) is 0.845. The van der Waals surface area contributed by atoms with E-state index in [9.17, 15) is 4.79 Å². The molecule has 0 saturated heterocycles. The summed E-state index contributed by atoms with van der Waals surface area (Å²) < 4.78 is 0. The Morgan fingerprint density at radius 3 is 2.44 bits per heavy atom. The third kappa shape index (κ3) is 1.86. The number of Topliss-reactive ketones (excluding diaryl/α,β-unsaturated/α-hetero) is 1. The zero-order chi connectivity index (χ0) is 11.8. The second-order valence-electron chi connectivity index (χ2n) is 4.30. The molecule has 1 aromatic carbocycles. The van der Waals surface area contributed by atoms with Crippen LogP contribution in [0.3, 0.4) is 0 Å². The van der Waals surface area contributed by atoms with Crippen LogP contribution < -0.4 is 5.73 Å². The van der Waals surface area contributed by atoms with Gasteiger partial charge in [-0.1, -0.05) is 29.6 Å². The summed E-state index contributed by atoms with van der Waals surface area (Å²) in [6, 6.07) is 4.99. The van der Waals surface area contributed by atoms with Crippen molar-refractivity contribution in [3.8, 4) is 0 Å². The number of hydrogen-bond donors (Lipinski definition) is 1. The molecular weight excluding hydrogens is 245 g/mol. The van der Waals surface area contributed by atoms with Gasteiger partial charge in [0.15, 0.2) is 5.78 Å². The highest BCUT2D eigenvalue weighted by atomic mass is 35.5. The van der Waals surface area contributed by atoms with Gasteiger partial charge in [0.1, 0.15) is 0 Å². The smallest absolute Gasteiger partial charge is 0.170 e. The van der Waals surface area contributed by atoms with Gasteiger partial charge in [0.25, 0.3) is 0 Å². The Bertz CT molecular complexity index is 422. The molecular formula is C12H13Cl2NO. The van der Waals surface area contributed by atoms with Crippen molar-refractivity contribution in [2.45, 2.75) is 19.3 Å². The van der Waals surface area contributed by atoms with Crippen LogP contribution in [0.5, 0.6) is 0 Å². The van der Waals surface area contributed by atoms with Crippen molar-refractivity contribution in [3.05, 3.63) is 33.8 Å². The van der Waals surface area contributed by atoms with E-state index in [1.807, 2.05) is 0 Å². The van der Waals surface area contributed by atoms with Crippen LogP contribution in [0.4, 0.5) is 0 Å². The summed E-state index contributed by atoms with van der Waals surface area (Å²) in [6.07, 6.45) is 2.83. The van der Waals surface area contributed by atoms with Crippen molar-refractivity contribution >= 4 is 29.0 Å². The highest BCUT2D eigenvalue weighted by molar-refractivity contribution is 6.42. The average Bonchev–Trinajstić information content (AvgIpc) is 2.21. The fourth-order valence-corrected chi connectivity index (χ4v) is 2.37. The molecule has 2 nitrogen and oxygen atoms in total. The third-order valence-corrected chi connectivity index (χ3v) is 4.10. The zero-order valence-electron chi connectivity index (χ0n) is 8.80. The van der Waals surface area contributed by atoms with Crippen LogP contribution in [-0.4, -0.2) is 12.3 Å². The summed E-state index contributed by atoms with van der Waals surface area (Å²) in [5.41, 5.74) is 5.96. The zero-order valence-corrected chi connectivity index (χ0v) is 10.3. The molecule has 0 aromatic heterocycles. The second-order valence-corrected chi connectivity index (χ2v) is 5.11. The van der Waals surface area contributed by atoms with Crippen molar-refractivity contribution in [1.82, 2.24) is 0 Å². The standard InChI is InChI=1S/C12H13Cl2NO/c13-9-3-2-8(6-10(9)14)11(16)12(7-15)4-1-5-12/h2-3,6H,1,4-5,7,15H2. The molecule has 1 aliphatic rings. The highest BCUT2D eigenvalue weighted by Gasteiger charge is 2.42. The van der Waals surface area contributed by atoms with Gasteiger partial charge in [0, 0.05) is 17.5 Å². The normalized spacial score (nSPS) is 17.9. The Kier molecular flexibility index (Phi) is 3.24. The van der Waals surface area contributed by atoms with E-state index < -0.39 is 0 Å². The number of carbonyl (C=O) groups is 1. The molecule has 0 radical (unpaired) electrons. The number of carbonyl (C=O) groups excluding carboxylic acids is 1. The summed E-state index contributed by atoms with van der Waals surface area (Å²) in [7, 11) is 0. The lowest BCUT2D eigenvalue weighted by Crippen LogP contribution is -2.44. The van der Waals surface area contributed by atoms with E-state index in [-0.39, 0.29) is 11.2 Å². The molecule has 4 heteroatoms. The average molecular weight is 258 g/mol. The van der Waals surface area contributed by atoms with Crippen molar-refractivity contribution in [3.63, 3.8) is 0 Å². The van der Waals surface area contributed by atoms with Crippen molar-refractivity contribution in [2.75, 3.05) is 6.54 Å². The Hall–Kier alpha value is -0.570.